The number of benzene rings is 1. The lowest BCUT2D eigenvalue weighted by molar-refractivity contribution is 0.0400. The molecule has 0 aliphatic rings. The zero-order chi connectivity index (χ0) is 14.8. The van der Waals surface area contributed by atoms with Crippen molar-refractivity contribution in [3.8, 4) is 5.75 Å². The number of ether oxygens (including phenoxy) is 1. The van der Waals surface area contributed by atoms with E-state index in [4.69, 9.17) is 10.5 Å². The summed E-state index contributed by atoms with van der Waals surface area (Å²) < 4.78 is 5.76. The van der Waals surface area contributed by atoms with Crippen LogP contribution in [0.15, 0.2) is 24.3 Å². The van der Waals surface area contributed by atoms with Gasteiger partial charge in [-0.05, 0) is 43.9 Å². The van der Waals surface area contributed by atoms with E-state index in [2.05, 4.69) is 0 Å². The van der Waals surface area contributed by atoms with Crippen LogP contribution in [0.4, 0.5) is 0 Å². The van der Waals surface area contributed by atoms with Gasteiger partial charge in [-0.2, -0.15) is 0 Å². The lowest BCUT2D eigenvalue weighted by Gasteiger charge is -2.31. The predicted molar refractivity (Wildman–Crippen MR) is 86.5 cm³/mol. The molecule has 1 aromatic carbocycles. The summed E-state index contributed by atoms with van der Waals surface area (Å²) in [5.74, 6) is 0.814. The Morgan fingerprint density at radius 1 is 1.00 bits per heavy atom. The van der Waals surface area contributed by atoms with E-state index in [1.165, 1.54) is 0 Å². The van der Waals surface area contributed by atoms with Gasteiger partial charge in [0.25, 0.3) is 0 Å². The number of aliphatic hydroxyl groups is 1. The van der Waals surface area contributed by atoms with Crippen molar-refractivity contribution < 1.29 is 9.84 Å². The van der Waals surface area contributed by atoms with E-state index in [9.17, 15) is 5.11 Å². The van der Waals surface area contributed by atoms with Crippen LogP contribution in [0, 0.1) is 5.41 Å². The smallest absolute Gasteiger partial charge is 0.120 e. The van der Waals surface area contributed by atoms with Crippen LogP contribution in [0.5, 0.6) is 5.75 Å². The van der Waals surface area contributed by atoms with Gasteiger partial charge >= 0.3 is 0 Å². The summed E-state index contributed by atoms with van der Waals surface area (Å²) in [5.41, 5.74) is 6.58. The van der Waals surface area contributed by atoms with E-state index in [-0.39, 0.29) is 29.5 Å². The van der Waals surface area contributed by atoms with Crippen LogP contribution in [0.1, 0.15) is 53.1 Å². The van der Waals surface area contributed by atoms with Crippen LogP contribution in [0.3, 0.4) is 0 Å². The number of nitrogens with two attached hydrogens (primary N) is 1. The Morgan fingerprint density at radius 3 is 1.80 bits per heavy atom. The maximum Gasteiger partial charge on any atom is 0.120 e. The Labute approximate surface area is 128 Å². The highest BCUT2D eigenvalue weighted by atomic mass is 35.5. The Kier molecular flexibility index (Phi) is 6.53. The predicted octanol–water partition coefficient (Wildman–Crippen LogP) is 3.69. The lowest BCUT2D eigenvalue weighted by Crippen LogP contribution is -2.36. The quantitative estimate of drug-likeness (QED) is 0.895. The molecule has 116 valence electrons. The largest absolute Gasteiger partial charge is 0.488 e. The number of aliphatic hydroxyl groups excluding tert-OH is 1. The molecular formula is C16H28ClNO2. The fourth-order valence-corrected chi connectivity index (χ4v) is 1.83. The minimum atomic E-state index is -0.582. The SMILES string of the molecule is CC(C)(C)Oc1ccc([C@H](N)[C@H](O)C(C)(C)C)cc1.Cl. The van der Waals surface area contributed by atoms with Crippen LogP contribution in [0.25, 0.3) is 0 Å². The minimum Gasteiger partial charge on any atom is -0.488 e. The maximum atomic E-state index is 10.2. The molecular weight excluding hydrogens is 274 g/mol. The van der Waals surface area contributed by atoms with E-state index in [0.29, 0.717) is 0 Å². The summed E-state index contributed by atoms with van der Waals surface area (Å²) in [6, 6.07) is 7.25. The van der Waals surface area contributed by atoms with E-state index < -0.39 is 6.10 Å². The summed E-state index contributed by atoms with van der Waals surface area (Å²) in [6.07, 6.45) is -0.582. The molecule has 0 fully saturated rings. The molecule has 1 aromatic rings. The zero-order valence-corrected chi connectivity index (χ0v) is 14.1. The molecule has 0 aliphatic heterocycles. The average molecular weight is 302 g/mol. The molecule has 0 aliphatic carbocycles. The van der Waals surface area contributed by atoms with Crippen molar-refractivity contribution in [2.24, 2.45) is 11.1 Å². The minimum absolute atomic E-state index is 0. The fraction of sp³-hybridized carbons (Fsp3) is 0.625. The third kappa shape index (κ3) is 5.70. The van der Waals surface area contributed by atoms with Crippen LogP contribution < -0.4 is 10.5 Å². The van der Waals surface area contributed by atoms with Crippen LogP contribution in [-0.4, -0.2) is 16.8 Å². The fourth-order valence-electron chi connectivity index (χ4n) is 1.83. The van der Waals surface area contributed by atoms with Gasteiger partial charge in [0.2, 0.25) is 0 Å². The Hall–Kier alpha value is -0.770. The molecule has 4 heteroatoms. The first-order chi connectivity index (χ1) is 8.50. The molecule has 0 heterocycles. The van der Waals surface area contributed by atoms with Gasteiger partial charge in [0.15, 0.2) is 0 Å². The van der Waals surface area contributed by atoms with Crippen molar-refractivity contribution in [2.75, 3.05) is 0 Å². The summed E-state index contributed by atoms with van der Waals surface area (Å²) in [4.78, 5) is 0. The topological polar surface area (TPSA) is 55.5 Å². The van der Waals surface area contributed by atoms with Crippen molar-refractivity contribution in [1.82, 2.24) is 0 Å². The maximum absolute atomic E-state index is 10.2. The van der Waals surface area contributed by atoms with Crippen molar-refractivity contribution in [1.29, 1.82) is 0 Å². The first-order valence-corrected chi connectivity index (χ1v) is 6.73. The zero-order valence-electron chi connectivity index (χ0n) is 13.3. The second kappa shape index (κ2) is 6.79. The summed E-state index contributed by atoms with van der Waals surface area (Å²) >= 11 is 0. The first-order valence-electron chi connectivity index (χ1n) is 6.73. The van der Waals surface area contributed by atoms with Gasteiger partial charge in [0, 0.05) is 0 Å². The molecule has 0 bridgehead atoms. The Bertz CT molecular complexity index is 404. The molecule has 3 N–H and O–H groups in total. The molecule has 0 saturated heterocycles. The average Bonchev–Trinajstić information content (AvgIpc) is 2.24. The molecule has 0 saturated carbocycles. The van der Waals surface area contributed by atoms with Gasteiger partial charge in [-0.15, -0.1) is 12.4 Å². The van der Waals surface area contributed by atoms with Crippen LogP contribution in [-0.2, 0) is 0 Å². The molecule has 0 unspecified atom stereocenters. The van der Waals surface area contributed by atoms with Gasteiger partial charge < -0.3 is 15.6 Å². The van der Waals surface area contributed by atoms with E-state index >= 15 is 0 Å². The highest BCUT2D eigenvalue weighted by Gasteiger charge is 2.29. The lowest BCUT2D eigenvalue weighted by atomic mass is 9.82. The number of hydrogen-bond donors (Lipinski definition) is 2. The second-order valence-corrected chi connectivity index (χ2v) is 7.12. The normalized spacial score (nSPS) is 15.2. The molecule has 0 spiro atoms. The molecule has 0 aromatic heterocycles. The summed E-state index contributed by atoms with van der Waals surface area (Å²) in [6.45, 7) is 12.0. The molecule has 2 atom stereocenters. The van der Waals surface area contributed by atoms with Crippen LogP contribution in [0.2, 0.25) is 0 Å². The van der Waals surface area contributed by atoms with Crippen molar-refractivity contribution in [3.63, 3.8) is 0 Å². The van der Waals surface area contributed by atoms with E-state index in [1.54, 1.807) is 0 Å². The summed E-state index contributed by atoms with van der Waals surface area (Å²) in [5, 5.41) is 10.2. The highest BCUT2D eigenvalue weighted by molar-refractivity contribution is 5.85. The van der Waals surface area contributed by atoms with Crippen molar-refractivity contribution in [2.45, 2.75) is 59.3 Å². The van der Waals surface area contributed by atoms with E-state index in [1.807, 2.05) is 65.8 Å². The van der Waals surface area contributed by atoms with Gasteiger partial charge in [0.05, 0.1) is 12.1 Å². The van der Waals surface area contributed by atoms with Gasteiger partial charge in [-0.25, -0.2) is 0 Å². The molecule has 3 nitrogen and oxygen atoms in total. The number of hydrogen-bond acceptors (Lipinski definition) is 3. The third-order valence-corrected chi connectivity index (χ3v) is 2.92. The number of rotatable bonds is 3. The van der Waals surface area contributed by atoms with Crippen molar-refractivity contribution >= 4 is 12.4 Å². The molecule has 0 amide bonds. The molecule has 20 heavy (non-hydrogen) atoms. The monoisotopic (exact) mass is 301 g/mol. The van der Waals surface area contributed by atoms with E-state index in [0.717, 1.165) is 11.3 Å². The van der Waals surface area contributed by atoms with Crippen LogP contribution >= 0.6 is 12.4 Å². The Morgan fingerprint density at radius 2 is 1.45 bits per heavy atom. The summed E-state index contributed by atoms with van der Waals surface area (Å²) in [7, 11) is 0. The molecule has 1 rings (SSSR count). The van der Waals surface area contributed by atoms with Gasteiger partial charge in [0.1, 0.15) is 11.4 Å². The third-order valence-electron chi connectivity index (χ3n) is 2.92. The van der Waals surface area contributed by atoms with Crippen molar-refractivity contribution in [3.05, 3.63) is 29.8 Å². The first kappa shape index (κ1) is 19.2. The van der Waals surface area contributed by atoms with Gasteiger partial charge in [-0.1, -0.05) is 32.9 Å². The standard InChI is InChI=1S/C16H27NO2.ClH/c1-15(2,3)14(18)13(17)11-7-9-12(10-8-11)19-16(4,5)6;/h7-10,13-14,18H,17H2,1-6H3;1H/t13-,14-;/m0./s1. The number of halogens is 1. The highest BCUT2D eigenvalue weighted by Crippen LogP contribution is 2.29. The molecule has 0 radical (unpaired) electrons. The second-order valence-electron chi connectivity index (χ2n) is 7.12. The van der Waals surface area contributed by atoms with Gasteiger partial charge in [-0.3, -0.25) is 0 Å². The Balaban J connectivity index is 0.00000361.